The molecule has 3 nitrogen and oxygen atoms in total. The van der Waals surface area contributed by atoms with Crippen molar-refractivity contribution in [3.63, 3.8) is 0 Å². The molecule has 4 heteroatoms. The van der Waals surface area contributed by atoms with Gasteiger partial charge >= 0.3 is 0 Å². The Bertz CT molecular complexity index is 903. The van der Waals surface area contributed by atoms with E-state index in [0.29, 0.717) is 0 Å². The predicted octanol–water partition coefficient (Wildman–Crippen LogP) is 5.24. The van der Waals surface area contributed by atoms with Crippen LogP contribution in [0.5, 0.6) is 0 Å². The molecule has 3 aromatic rings. The fourth-order valence-electron chi connectivity index (χ4n) is 3.48. The maximum absolute atomic E-state index is 13.4. The van der Waals surface area contributed by atoms with Gasteiger partial charge in [0, 0.05) is 22.0 Å². The first-order chi connectivity index (χ1) is 12.2. The largest absolute Gasteiger partial charge is 0.346 e. The highest BCUT2D eigenvalue weighted by molar-refractivity contribution is 7.12. The highest BCUT2D eigenvalue weighted by Gasteiger charge is 2.39. The molecular formula is C21H20N2OS. The van der Waals surface area contributed by atoms with E-state index in [1.165, 1.54) is 9.75 Å². The fraction of sp³-hybridized carbons (Fsp3) is 0.190. The van der Waals surface area contributed by atoms with E-state index in [1.807, 2.05) is 59.5 Å². The van der Waals surface area contributed by atoms with Gasteiger partial charge in [0.05, 0.1) is 11.3 Å². The van der Waals surface area contributed by atoms with Crippen molar-refractivity contribution < 1.29 is 4.79 Å². The van der Waals surface area contributed by atoms with Gasteiger partial charge in [0.15, 0.2) is 0 Å². The van der Waals surface area contributed by atoms with Crippen LogP contribution in [0.4, 0.5) is 11.4 Å². The van der Waals surface area contributed by atoms with E-state index < -0.39 is 0 Å². The van der Waals surface area contributed by atoms with E-state index in [4.69, 9.17) is 0 Å². The highest BCUT2D eigenvalue weighted by atomic mass is 32.1. The number of nitrogens with zero attached hydrogens (tertiary/aromatic N) is 2. The molecule has 4 rings (SSSR count). The van der Waals surface area contributed by atoms with Crippen LogP contribution >= 0.6 is 11.3 Å². The lowest BCUT2D eigenvalue weighted by atomic mass is 10.0. The maximum atomic E-state index is 13.4. The van der Waals surface area contributed by atoms with E-state index in [-0.39, 0.29) is 12.1 Å². The lowest BCUT2D eigenvalue weighted by Gasteiger charge is -2.44. The van der Waals surface area contributed by atoms with Crippen molar-refractivity contribution in [3.8, 4) is 0 Å². The average molecular weight is 348 g/mol. The van der Waals surface area contributed by atoms with E-state index >= 15 is 0 Å². The van der Waals surface area contributed by atoms with Crippen LogP contribution in [-0.4, -0.2) is 12.5 Å². The molecule has 0 spiro atoms. The summed E-state index contributed by atoms with van der Waals surface area (Å²) in [6.45, 7) is 5.08. The van der Waals surface area contributed by atoms with Gasteiger partial charge in [-0.25, -0.2) is 0 Å². The van der Waals surface area contributed by atoms with Gasteiger partial charge in [0.2, 0.25) is 0 Å². The van der Waals surface area contributed by atoms with Crippen molar-refractivity contribution in [2.45, 2.75) is 20.0 Å². The zero-order valence-electron chi connectivity index (χ0n) is 14.3. The molecule has 2 aromatic carbocycles. The number of amides is 1. The third kappa shape index (κ3) is 2.63. The van der Waals surface area contributed by atoms with Gasteiger partial charge in [-0.1, -0.05) is 30.3 Å². The Labute approximate surface area is 152 Å². The lowest BCUT2D eigenvalue weighted by Crippen LogP contribution is -2.49. The molecule has 2 heterocycles. The van der Waals surface area contributed by atoms with Gasteiger partial charge in [0.25, 0.3) is 5.91 Å². The molecule has 126 valence electrons. The molecule has 1 amide bonds. The van der Waals surface area contributed by atoms with Crippen LogP contribution in [0.3, 0.4) is 0 Å². The van der Waals surface area contributed by atoms with Crippen LogP contribution in [0.2, 0.25) is 0 Å². The molecule has 0 saturated heterocycles. The number of fused-ring (bicyclic) bond motifs is 1. The predicted molar refractivity (Wildman–Crippen MR) is 105 cm³/mol. The Balaban J connectivity index is 1.94. The molecule has 25 heavy (non-hydrogen) atoms. The van der Waals surface area contributed by atoms with E-state index in [1.54, 1.807) is 11.3 Å². The molecule has 1 aliphatic heterocycles. The molecule has 0 bridgehead atoms. The normalized spacial score (nSPS) is 16.9. The number of carbonyl (C=O) groups excluding carboxylic acids is 1. The molecule has 1 aliphatic rings. The molecule has 0 radical (unpaired) electrons. The summed E-state index contributed by atoms with van der Waals surface area (Å²) in [7, 11) is 0. The standard InChI is InChI=1S/C21H20N2OS/c1-3-22-18-12-8-7-11-17(18)21(24)23(16-9-5-4-6-10-16)20(22)19-14-13-15(2)25-19/h4-14,20H,3H2,1-2H3. The summed E-state index contributed by atoms with van der Waals surface area (Å²) in [5, 5.41) is 0. The third-order valence-corrected chi connectivity index (χ3v) is 5.63. The molecular weight excluding hydrogens is 328 g/mol. The van der Waals surface area contributed by atoms with E-state index in [9.17, 15) is 4.79 Å². The molecule has 0 aliphatic carbocycles. The molecule has 1 unspecified atom stereocenters. The maximum Gasteiger partial charge on any atom is 0.262 e. The second-order valence-corrected chi connectivity index (χ2v) is 7.46. The summed E-state index contributed by atoms with van der Waals surface area (Å²) in [6.07, 6.45) is -0.117. The molecule has 0 saturated carbocycles. The smallest absolute Gasteiger partial charge is 0.262 e. The van der Waals surface area contributed by atoms with Crippen LogP contribution in [0.15, 0.2) is 66.7 Å². The topological polar surface area (TPSA) is 23.6 Å². The van der Waals surface area contributed by atoms with Gasteiger partial charge in [-0.3, -0.25) is 9.69 Å². The average Bonchev–Trinajstić information content (AvgIpc) is 3.08. The summed E-state index contributed by atoms with van der Waals surface area (Å²) in [6, 6.07) is 22.1. The number of para-hydroxylation sites is 2. The Morgan fingerprint density at radius 2 is 1.68 bits per heavy atom. The number of aryl methyl sites for hydroxylation is 1. The van der Waals surface area contributed by atoms with Crippen molar-refractivity contribution >= 4 is 28.6 Å². The number of benzene rings is 2. The van der Waals surface area contributed by atoms with Crippen LogP contribution in [0.25, 0.3) is 0 Å². The van der Waals surface area contributed by atoms with Gasteiger partial charge in [-0.15, -0.1) is 11.3 Å². The SMILES string of the molecule is CCN1c2ccccc2C(=O)N(c2ccccc2)C1c1ccc(C)s1. The van der Waals surface area contributed by atoms with Crippen molar-refractivity contribution in [1.29, 1.82) is 0 Å². The van der Waals surface area contributed by atoms with Crippen LogP contribution < -0.4 is 9.80 Å². The first-order valence-corrected chi connectivity index (χ1v) is 9.33. The number of hydrogen-bond donors (Lipinski definition) is 0. The summed E-state index contributed by atoms with van der Waals surface area (Å²) in [5.74, 6) is 0.0579. The minimum atomic E-state index is -0.117. The second-order valence-electron chi connectivity index (χ2n) is 6.14. The Kier molecular flexibility index (Phi) is 4.06. The first kappa shape index (κ1) is 15.9. The summed E-state index contributed by atoms with van der Waals surface area (Å²) < 4.78 is 0. The van der Waals surface area contributed by atoms with E-state index in [0.717, 1.165) is 23.5 Å². The minimum absolute atomic E-state index is 0.0579. The highest BCUT2D eigenvalue weighted by Crippen LogP contribution is 2.42. The fourth-order valence-corrected chi connectivity index (χ4v) is 4.46. The molecule has 1 atom stereocenters. The minimum Gasteiger partial charge on any atom is -0.346 e. The van der Waals surface area contributed by atoms with Crippen LogP contribution in [0.1, 0.15) is 33.2 Å². The number of thiophene rings is 1. The van der Waals surface area contributed by atoms with Crippen molar-refractivity contribution in [1.82, 2.24) is 0 Å². The Morgan fingerprint density at radius 1 is 0.960 bits per heavy atom. The van der Waals surface area contributed by atoms with Crippen LogP contribution in [-0.2, 0) is 0 Å². The number of rotatable bonds is 3. The summed E-state index contributed by atoms with van der Waals surface area (Å²) in [5.41, 5.74) is 2.70. The van der Waals surface area contributed by atoms with Crippen LogP contribution in [0, 0.1) is 6.92 Å². The van der Waals surface area contributed by atoms with Gasteiger partial charge in [-0.05, 0) is 50.2 Å². The van der Waals surface area contributed by atoms with Crippen molar-refractivity contribution in [2.24, 2.45) is 0 Å². The first-order valence-electron chi connectivity index (χ1n) is 8.51. The molecule has 0 N–H and O–H groups in total. The number of carbonyl (C=O) groups is 1. The Morgan fingerprint density at radius 3 is 2.36 bits per heavy atom. The Hall–Kier alpha value is -2.59. The lowest BCUT2D eigenvalue weighted by molar-refractivity contribution is 0.0969. The number of hydrogen-bond acceptors (Lipinski definition) is 3. The quantitative estimate of drug-likeness (QED) is 0.646. The summed E-state index contributed by atoms with van der Waals surface area (Å²) in [4.78, 5) is 20.1. The van der Waals surface area contributed by atoms with Crippen molar-refractivity contribution in [3.05, 3.63) is 82.0 Å². The van der Waals surface area contributed by atoms with Gasteiger partial charge < -0.3 is 4.90 Å². The third-order valence-electron chi connectivity index (χ3n) is 4.59. The summed E-state index contributed by atoms with van der Waals surface area (Å²) >= 11 is 1.75. The number of anilines is 2. The zero-order valence-corrected chi connectivity index (χ0v) is 15.2. The zero-order chi connectivity index (χ0) is 17.4. The van der Waals surface area contributed by atoms with Gasteiger partial charge in [-0.2, -0.15) is 0 Å². The monoisotopic (exact) mass is 348 g/mol. The molecule has 0 fully saturated rings. The van der Waals surface area contributed by atoms with E-state index in [2.05, 4.69) is 30.9 Å². The van der Waals surface area contributed by atoms with Gasteiger partial charge in [0.1, 0.15) is 6.17 Å². The second kappa shape index (κ2) is 6.37. The molecule has 1 aromatic heterocycles. The van der Waals surface area contributed by atoms with Crippen molar-refractivity contribution in [2.75, 3.05) is 16.3 Å².